The molecule has 16 heavy (non-hydrogen) atoms. The summed E-state index contributed by atoms with van der Waals surface area (Å²) in [5.41, 5.74) is 0.646. The van der Waals surface area contributed by atoms with Crippen molar-refractivity contribution >= 4 is 11.4 Å². The van der Waals surface area contributed by atoms with E-state index in [0.29, 0.717) is 5.69 Å². The molecule has 1 aromatic carbocycles. The molecule has 0 amide bonds. The second kappa shape index (κ2) is 6.79. The van der Waals surface area contributed by atoms with Crippen LogP contribution in [0.3, 0.4) is 0 Å². The maximum atomic E-state index is 10.3. The van der Waals surface area contributed by atoms with Gasteiger partial charge in [-0.25, -0.2) is 0 Å². The van der Waals surface area contributed by atoms with Crippen molar-refractivity contribution in [3.8, 4) is 0 Å². The summed E-state index contributed by atoms with van der Waals surface area (Å²) in [4.78, 5) is 9.94. The van der Waals surface area contributed by atoms with E-state index in [1.54, 1.807) is 25.2 Å². The Morgan fingerprint density at radius 1 is 1.31 bits per heavy atom. The van der Waals surface area contributed by atoms with Gasteiger partial charge in [0.25, 0.3) is 5.69 Å². The van der Waals surface area contributed by atoms with Crippen molar-refractivity contribution in [3.63, 3.8) is 0 Å². The molecule has 1 aliphatic heterocycles. The minimum absolute atomic E-state index is 0.106. The van der Waals surface area contributed by atoms with Crippen molar-refractivity contribution in [1.82, 2.24) is 0 Å². The van der Waals surface area contributed by atoms with Crippen LogP contribution in [0, 0.1) is 10.1 Å². The van der Waals surface area contributed by atoms with Gasteiger partial charge in [-0.2, -0.15) is 0 Å². The van der Waals surface area contributed by atoms with Gasteiger partial charge in [0.1, 0.15) is 5.69 Å². The molecule has 1 aromatic rings. The van der Waals surface area contributed by atoms with Crippen molar-refractivity contribution in [2.24, 2.45) is 0 Å². The van der Waals surface area contributed by atoms with Gasteiger partial charge in [-0.3, -0.25) is 10.1 Å². The highest BCUT2D eigenvalue weighted by atomic mass is 16.6. The van der Waals surface area contributed by atoms with Crippen LogP contribution in [0.2, 0.25) is 0 Å². The Labute approximate surface area is 94.6 Å². The van der Waals surface area contributed by atoms with Gasteiger partial charge in [0.15, 0.2) is 0 Å². The van der Waals surface area contributed by atoms with Gasteiger partial charge in [0.2, 0.25) is 0 Å². The molecule has 0 saturated carbocycles. The third-order valence-corrected chi connectivity index (χ3v) is 2.20. The van der Waals surface area contributed by atoms with Gasteiger partial charge in [-0.15, -0.1) is 0 Å². The summed E-state index contributed by atoms with van der Waals surface area (Å²) < 4.78 is 4.94. The third kappa shape index (κ3) is 3.86. The van der Waals surface area contributed by atoms with Crippen LogP contribution in [0.15, 0.2) is 24.3 Å². The largest absolute Gasteiger partial charge is 0.383 e. The summed E-state index contributed by atoms with van der Waals surface area (Å²) in [6.45, 7) is 2.00. The number of ether oxygens (including phenoxy) is 1. The van der Waals surface area contributed by atoms with E-state index in [1.165, 1.54) is 18.9 Å². The molecule has 0 aliphatic carbocycles. The normalized spacial score (nSPS) is 13.8. The maximum Gasteiger partial charge on any atom is 0.292 e. The second-order valence-electron chi connectivity index (χ2n) is 3.34. The summed E-state index contributed by atoms with van der Waals surface area (Å²) in [6.07, 6.45) is 2.56. The first-order valence-electron chi connectivity index (χ1n) is 5.24. The molecule has 1 fully saturated rings. The monoisotopic (exact) mass is 224 g/mol. The zero-order valence-electron chi connectivity index (χ0n) is 9.31. The van der Waals surface area contributed by atoms with Crippen LogP contribution >= 0.6 is 0 Å². The fraction of sp³-hybridized carbons (Fsp3) is 0.455. The van der Waals surface area contributed by atoms with E-state index in [1.807, 2.05) is 0 Å². The van der Waals surface area contributed by atoms with Crippen LogP contribution in [0.25, 0.3) is 0 Å². The van der Waals surface area contributed by atoms with Gasteiger partial charge in [-0.1, -0.05) is 12.1 Å². The minimum atomic E-state index is -0.411. The lowest BCUT2D eigenvalue weighted by atomic mass is 10.3. The lowest BCUT2D eigenvalue weighted by Crippen LogP contribution is -1.95. The molecular weight excluding hydrogens is 208 g/mol. The van der Waals surface area contributed by atoms with Crippen LogP contribution in [0.1, 0.15) is 12.8 Å². The molecule has 0 radical (unpaired) electrons. The number of nitrogens with one attached hydrogen (secondary N) is 1. The Morgan fingerprint density at radius 3 is 2.31 bits per heavy atom. The molecule has 1 heterocycles. The number of nitrogens with zero attached hydrogens (tertiary/aromatic N) is 1. The van der Waals surface area contributed by atoms with E-state index in [-0.39, 0.29) is 5.69 Å². The number of para-hydroxylation sites is 2. The Bertz CT molecular complexity index is 330. The van der Waals surface area contributed by atoms with E-state index < -0.39 is 4.92 Å². The molecule has 5 nitrogen and oxygen atoms in total. The number of benzene rings is 1. The van der Waals surface area contributed by atoms with E-state index in [4.69, 9.17) is 4.74 Å². The molecule has 5 heteroatoms. The maximum absolute atomic E-state index is 10.3. The van der Waals surface area contributed by atoms with Gasteiger partial charge >= 0.3 is 0 Å². The summed E-state index contributed by atoms with van der Waals surface area (Å²) in [5, 5.41) is 13.1. The minimum Gasteiger partial charge on any atom is -0.383 e. The van der Waals surface area contributed by atoms with E-state index in [9.17, 15) is 10.1 Å². The Hall–Kier alpha value is -1.62. The summed E-state index contributed by atoms with van der Waals surface area (Å²) >= 11 is 0. The molecule has 0 atom stereocenters. The van der Waals surface area contributed by atoms with Crippen LogP contribution in [0.4, 0.5) is 11.4 Å². The quantitative estimate of drug-likeness (QED) is 0.619. The fourth-order valence-electron chi connectivity index (χ4n) is 1.35. The Kier molecular flexibility index (Phi) is 5.28. The number of hydrogen-bond acceptors (Lipinski definition) is 4. The lowest BCUT2D eigenvalue weighted by Gasteiger charge is -1.98. The average Bonchev–Trinajstić information content (AvgIpc) is 2.87. The number of anilines is 1. The van der Waals surface area contributed by atoms with Crippen molar-refractivity contribution < 1.29 is 9.66 Å². The lowest BCUT2D eigenvalue weighted by molar-refractivity contribution is -0.383. The number of nitro groups is 1. The van der Waals surface area contributed by atoms with Crippen LogP contribution < -0.4 is 5.32 Å². The number of rotatable bonds is 2. The molecule has 0 spiro atoms. The van der Waals surface area contributed by atoms with Crippen molar-refractivity contribution in [2.45, 2.75) is 12.8 Å². The summed E-state index contributed by atoms with van der Waals surface area (Å²) in [5.74, 6) is 0. The molecule has 1 saturated heterocycles. The highest BCUT2D eigenvalue weighted by molar-refractivity contribution is 5.60. The smallest absolute Gasteiger partial charge is 0.292 e. The standard InChI is InChI=1S/C7H8N2O2.C4H8O/c1-8-6-4-2-3-5-7(6)9(10)11;1-2-4-5-3-1/h2-5,8H,1H3;1-4H2. The topological polar surface area (TPSA) is 64.4 Å². The fourth-order valence-corrected chi connectivity index (χ4v) is 1.35. The first-order chi connectivity index (χ1) is 7.75. The van der Waals surface area contributed by atoms with Gasteiger partial charge in [0.05, 0.1) is 4.92 Å². The summed E-state index contributed by atoms with van der Waals surface area (Å²) in [6, 6.07) is 6.52. The highest BCUT2D eigenvalue weighted by Gasteiger charge is 2.09. The van der Waals surface area contributed by atoms with Crippen LogP contribution in [-0.2, 0) is 4.74 Å². The zero-order valence-corrected chi connectivity index (χ0v) is 9.31. The third-order valence-electron chi connectivity index (χ3n) is 2.20. The highest BCUT2D eigenvalue weighted by Crippen LogP contribution is 2.21. The predicted molar refractivity (Wildman–Crippen MR) is 62.7 cm³/mol. The predicted octanol–water partition coefficient (Wildman–Crippen LogP) is 2.43. The molecule has 0 bridgehead atoms. The van der Waals surface area contributed by atoms with Crippen molar-refractivity contribution in [2.75, 3.05) is 25.6 Å². The van der Waals surface area contributed by atoms with Crippen LogP contribution in [-0.4, -0.2) is 25.2 Å². The van der Waals surface area contributed by atoms with Crippen LogP contribution in [0.5, 0.6) is 0 Å². The average molecular weight is 224 g/mol. The van der Waals surface area contributed by atoms with Gasteiger partial charge < -0.3 is 10.1 Å². The van der Waals surface area contributed by atoms with E-state index in [0.717, 1.165) is 13.2 Å². The Balaban J connectivity index is 0.000000212. The van der Waals surface area contributed by atoms with Crippen molar-refractivity contribution in [1.29, 1.82) is 0 Å². The number of nitro benzene ring substituents is 1. The molecule has 0 aromatic heterocycles. The molecular formula is C11H16N2O3. The molecule has 1 aliphatic rings. The van der Waals surface area contributed by atoms with Gasteiger partial charge in [-0.05, 0) is 18.9 Å². The molecule has 2 rings (SSSR count). The zero-order chi connectivity index (χ0) is 11.8. The SMILES string of the molecule is C1CCOC1.CNc1ccccc1[N+](=O)[O-]. The summed E-state index contributed by atoms with van der Waals surface area (Å²) in [7, 11) is 1.66. The number of hydrogen-bond donors (Lipinski definition) is 1. The van der Waals surface area contributed by atoms with Gasteiger partial charge in [0, 0.05) is 26.3 Å². The van der Waals surface area contributed by atoms with Crippen molar-refractivity contribution in [3.05, 3.63) is 34.4 Å². The second-order valence-corrected chi connectivity index (χ2v) is 3.34. The molecule has 1 N–H and O–H groups in total. The first kappa shape index (κ1) is 12.4. The van der Waals surface area contributed by atoms with E-state index in [2.05, 4.69) is 5.32 Å². The molecule has 0 unspecified atom stereocenters. The molecule has 88 valence electrons. The Morgan fingerprint density at radius 2 is 1.94 bits per heavy atom. The van der Waals surface area contributed by atoms with E-state index >= 15 is 0 Å². The first-order valence-corrected chi connectivity index (χ1v) is 5.24.